The number of carbonyl (C=O) groups excluding carboxylic acids is 1. The Morgan fingerprint density at radius 3 is 2.83 bits per heavy atom. The Labute approximate surface area is 145 Å². The lowest BCUT2D eigenvalue weighted by molar-refractivity contribution is -0.139. The van der Waals surface area contributed by atoms with Crippen LogP contribution in [0.3, 0.4) is 0 Å². The van der Waals surface area contributed by atoms with Crippen molar-refractivity contribution in [3.8, 4) is 5.69 Å². The van der Waals surface area contributed by atoms with Gasteiger partial charge < -0.3 is 4.74 Å². The number of ether oxygens (including phenoxy) is 1. The van der Waals surface area contributed by atoms with Gasteiger partial charge in [-0.25, -0.2) is 0 Å². The molecule has 0 amide bonds. The number of hydrogen-bond donors (Lipinski definition) is 0. The van der Waals surface area contributed by atoms with Crippen LogP contribution in [0, 0.1) is 13.8 Å². The molecule has 0 spiro atoms. The maximum atomic E-state index is 11.6. The van der Waals surface area contributed by atoms with E-state index in [0.29, 0.717) is 11.8 Å². The van der Waals surface area contributed by atoms with E-state index in [-0.39, 0.29) is 11.7 Å². The fourth-order valence-corrected chi connectivity index (χ4v) is 3.34. The third kappa shape index (κ3) is 3.28. The molecule has 1 heterocycles. The number of carbonyl (C=O) groups is 1. The van der Waals surface area contributed by atoms with Gasteiger partial charge in [0.25, 0.3) is 0 Å². The Balaban J connectivity index is 2.00. The number of rotatable bonds is 5. The Hall–Kier alpha value is -2.34. The van der Waals surface area contributed by atoms with Gasteiger partial charge in [0.15, 0.2) is 5.16 Å². The minimum Gasteiger partial charge on any atom is -0.465 e. The van der Waals surface area contributed by atoms with Crippen molar-refractivity contribution in [3.05, 3.63) is 47.8 Å². The molecule has 124 valence electrons. The molecule has 0 fully saturated rings. The number of aromatic nitrogens is 3. The molecule has 6 heteroatoms. The van der Waals surface area contributed by atoms with Crippen LogP contribution in [0.15, 0.2) is 41.8 Å². The van der Waals surface area contributed by atoms with Gasteiger partial charge in [-0.05, 0) is 43.9 Å². The minimum atomic E-state index is -0.248. The van der Waals surface area contributed by atoms with E-state index in [1.54, 1.807) is 13.3 Å². The zero-order valence-corrected chi connectivity index (χ0v) is 14.8. The second-order valence-electron chi connectivity index (χ2n) is 5.53. The zero-order valence-electron chi connectivity index (χ0n) is 13.9. The number of hydrogen-bond acceptors (Lipinski definition) is 5. The topological polar surface area (TPSA) is 57.0 Å². The second-order valence-corrected chi connectivity index (χ2v) is 6.47. The summed E-state index contributed by atoms with van der Waals surface area (Å²) in [6.07, 6.45) is 1.68. The van der Waals surface area contributed by atoms with Crippen LogP contribution >= 0.6 is 11.8 Å². The molecule has 0 aliphatic heterocycles. The van der Waals surface area contributed by atoms with Crippen LogP contribution in [0.25, 0.3) is 16.5 Å². The molecule has 0 N–H and O–H groups in total. The van der Waals surface area contributed by atoms with Crippen molar-refractivity contribution in [3.63, 3.8) is 0 Å². The summed E-state index contributed by atoms with van der Waals surface area (Å²) in [7, 11) is 0. The number of esters is 1. The Morgan fingerprint density at radius 2 is 2.04 bits per heavy atom. The van der Waals surface area contributed by atoms with Crippen LogP contribution in [-0.2, 0) is 9.53 Å². The molecule has 0 bridgehead atoms. The summed E-state index contributed by atoms with van der Waals surface area (Å²) in [5.74, 6) is -0.0309. The molecule has 0 saturated carbocycles. The number of aryl methyl sites for hydroxylation is 2. The molecule has 0 atom stereocenters. The molecule has 24 heavy (non-hydrogen) atoms. The number of benzene rings is 2. The van der Waals surface area contributed by atoms with Crippen LogP contribution in [0.1, 0.15) is 18.1 Å². The van der Waals surface area contributed by atoms with Gasteiger partial charge in [-0.2, -0.15) is 0 Å². The van der Waals surface area contributed by atoms with Gasteiger partial charge in [-0.3, -0.25) is 9.36 Å². The highest BCUT2D eigenvalue weighted by Crippen LogP contribution is 2.29. The maximum Gasteiger partial charge on any atom is 0.316 e. The van der Waals surface area contributed by atoms with E-state index >= 15 is 0 Å². The average molecular weight is 341 g/mol. The fourth-order valence-electron chi connectivity index (χ4n) is 2.62. The van der Waals surface area contributed by atoms with Crippen molar-refractivity contribution in [2.75, 3.05) is 12.4 Å². The lowest BCUT2D eigenvalue weighted by Crippen LogP contribution is -2.07. The Bertz CT molecular complexity index is 889. The predicted molar refractivity (Wildman–Crippen MR) is 95.7 cm³/mol. The van der Waals surface area contributed by atoms with Crippen LogP contribution < -0.4 is 0 Å². The normalized spacial score (nSPS) is 11.0. The van der Waals surface area contributed by atoms with Gasteiger partial charge in [0.1, 0.15) is 6.33 Å². The molecule has 0 radical (unpaired) electrons. The molecule has 1 aromatic heterocycles. The highest BCUT2D eigenvalue weighted by atomic mass is 32.2. The van der Waals surface area contributed by atoms with Crippen molar-refractivity contribution in [1.82, 2.24) is 14.8 Å². The molecule has 3 rings (SSSR count). The van der Waals surface area contributed by atoms with E-state index in [1.165, 1.54) is 28.3 Å². The van der Waals surface area contributed by atoms with E-state index in [0.717, 1.165) is 11.1 Å². The molecular weight excluding hydrogens is 322 g/mol. The predicted octanol–water partition coefficient (Wildman–Crippen LogP) is 3.69. The first kappa shape index (κ1) is 16.5. The summed E-state index contributed by atoms with van der Waals surface area (Å²) >= 11 is 1.33. The summed E-state index contributed by atoms with van der Waals surface area (Å²) in [6.45, 7) is 6.36. The summed E-state index contributed by atoms with van der Waals surface area (Å²) in [6, 6.07) is 10.6. The first-order valence-corrected chi connectivity index (χ1v) is 8.77. The van der Waals surface area contributed by atoms with E-state index < -0.39 is 0 Å². The molecule has 3 aromatic rings. The van der Waals surface area contributed by atoms with E-state index in [1.807, 2.05) is 4.57 Å². The SMILES string of the molecule is CCOC(=O)CSc1nncn1-c1ccc(C)c2ccc(C)cc12. The van der Waals surface area contributed by atoms with Gasteiger partial charge in [0.05, 0.1) is 18.0 Å². The summed E-state index contributed by atoms with van der Waals surface area (Å²) in [5, 5.41) is 11.2. The van der Waals surface area contributed by atoms with Gasteiger partial charge in [-0.1, -0.05) is 35.5 Å². The summed E-state index contributed by atoms with van der Waals surface area (Å²) in [5.41, 5.74) is 3.43. The number of thioether (sulfide) groups is 1. The molecular formula is C18H19N3O2S. The van der Waals surface area contributed by atoms with Crippen molar-refractivity contribution in [1.29, 1.82) is 0 Å². The van der Waals surface area contributed by atoms with Crippen molar-refractivity contribution >= 4 is 28.5 Å². The van der Waals surface area contributed by atoms with Gasteiger partial charge in [-0.15, -0.1) is 10.2 Å². The molecule has 0 aliphatic carbocycles. The Kier molecular flexibility index (Phi) is 4.85. The highest BCUT2D eigenvalue weighted by Gasteiger charge is 2.13. The van der Waals surface area contributed by atoms with Crippen LogP contribution in [0.2, 0.25) is 0 Å². The van der Waals surface area contributed by atoms with Crippen molar-refractivity contribution in [2.24, 2.45) is 0 Å². The Morgan fingerprint density at radius 1 is 1.21 bits per heavy atom. The van der Waals surface area contributed by atoms with Gasteiger partial charge >= 0.3 is 5.97 Å². The van der Waals surface area contributed by atoms with Gasteiger partial charge in [0, 0.05) is 5.39 Å². The van der Waals surface area contributed by atoms with Crippen LogP contribution in [0.4, 0.5) is 0 Å². The summed E-state index contributed by atoms with van der Waals surface area (Å²) < 4.78 is 6.89. The lowest BCUT2D eigenvalue weighted by Gasteiger charge is -2.12. The molecule has 0 saturated heterocycles. The number of nitrogens with zero attached hydrogens (tertiary/aromatic N) is 3. The minimum absolute atomic E-state index is 0.218. The standard InChI is InChI=1S/C18H19N3O2S/c1-4-23-17(22)10-24-18-20-19-11-21(18)16-8-6-13(3)14-7-5-12(2)9-15(14)16/h5-9,11H,4,10H2,1-3H3. The van der Waals surface area contributed by atoms with Crippen molar-refractivity contribution < 1.29 is 9.53 Å². The van der Waals surface area contributed by atoms with Crippen LogP contribution in [0.5, 0.6) is 0 Å². The number of fused-ring (bicyclic) bond motifs is 1. The van der Waals surface area contributed by atoms with Gasteiger partial charge in [0.2, 0.25) is 0 Å². The zero-order chi connectivity index (χ0) is 17.1. The highest BCUT2D eigenvalue weighted by molar-refractivity contribution is 7.99. The van der Waals surface area contributed by atoms with Crippen molar-refractivity contribution in [2.45, 2.75) is 25.9 Å². The molecule has 0 unspecified atom stereocenters. The quantitative estimate of drug-likeness (QED) is 0.523. The fraction of sp³-hybridized carbons (Fsp3) is 0.278. The van der Waals surface area contributed by atoms with E-state index in [4.69, 9.17) is 4.74 Å². The third-order valence-electron chi connectivity index (χ3n) is 3.77. The lowest BCUT2D eigenvalue weighted by atomic mass is 10.0. The second kappa shape index (κ2) is 7.05. The van der Waals surface area contributed by atoms with E-state index in [9.17, 15) is 4.79 Å². The monoisotopic (exact) mass is 341 g/mol. The van der Waals surface area contributed by atoms with Crippen LogP contribution in [-0.4, -0.2) is 33.1 Å². The summed E-state index contributed by atoms with van der Waals surface area (Å²) in [4.78, 5) is 11.6. The average Bonchev–Trinajstić information content (AvgIpc) is 3.02. The molecule has 5 nitrogen and oxygen atoms in total. The maximum absolute atomic E-state index is 11.6. The first-order valence-electron chi connectivity index (χ1n) is 7.79. The molecule has 2 aromatic carbocycles. The largest absolute Gasteiger partial charge is 0.465 e. The first-order chi connectivity index (χ1) is 11.6. The molecule has 0 aliphatic rings. The smallest absolute Gasteiger partial charge is 0.316 e. The van der Waals surface area contributed by atoms with E-state index in [2.05, 4.69) is 54.4 Å². The third-order valence-corrected chi connectivity index (χ3v) is 4.68.